The van der Waals surface area contributed by atoms with Crippen molar-refractivity contribution in [3.8, 4) is 0 Å². The lowest BCUT2D eigenvalue weighted by atomic mass is 9.87. The molecule has 0 radical (unpaired) electrons. The van der Waals surface area contributed by atoms with Gasteiger partial charge in [-0.15, -0.1) is 0 Å². The minimum atomic E-state index is -0.532. The third kappa shape index (κ3) is 3.38. The molecule has 1 aliphatic heterocycles. The molecule has 4 heteroatoms. The number of carbonyl (C=O) groups is 1. The molecule has 20 heavy (non-hydrogen) atoms. The molecule has 1 fully saturated rings. The third-order valence-corrected chi connectivity index (χ3v) is 4.10. The second-order valence-electron chi connectivity index (χ2n) is 5.52. The van der Waals surface area contributed by atoms with Crippen molar-refractivity contribution >= 4 is 5.91 Å². The van der Waals surface area contributed by atoms with Crippen LogP contribution in [-0.4, -0.2) is 43.7 Å². The Bertz CT molecular complexity index is 454. The highest BCUT2D eigenvalue weighted by atomic mass is 16.5. The zero-order valence-electron chi connectivity index (χ0n) is 12.3. The van der Waals surface area contributed by atoms with Crippen molar-refractivity contribution in [2.75, 3.05) is 26.8 Å². The number of amides is 1. The molecule has 1 unspecified atom stereocenters. The van der Waals surface area contributed by atoms with Gasteiger partial charge in [0.1, 0.15) is 6.04 Å². The molecule has 110 valence electrons. The average molecular weight is 276 g/mol. The third-order valence-electron chi connectivity index (χ3n) is 4.10. The summed E-state index contributed by atoms with van der Waals surface area (Å²) in [4.78, 5) is 14.0. The minimum Gasteiger partial charge on any atom is -0.383 e. The smallest absolute Gasteiger partial charge is 0.241 e. The van der Waals surface area contributed by atoms with Crippen molar-refractivity contribution in [1.29, 1.82) is 0 Å². The van der Waals surface area contributed by atoms with Crippen LogP contribution in [0.4, 0.5) is 0 Å². The Balaban J connectivity index is 1.93. The van der Waals surface area contributed by atoms with Crippen LogP contribution in [0.1, 0.15) is 29.9 Å². The van der Waals surface area contributed by atoms with E-state index in [0.717, 1.165) is 25.9 Å². The summed E-state index contributed by atoms with van der Waals surface area (Å²) in [6.07, 6.45) is 2.02. The van der Waals surface area contributed by atoms with Gasteiger partial charge in [-0.3, -0.25) is 4.79 Å². The van der Waals surface area contributed by atoms with Crippen LogP contribution >= 0.6 is 0 Å². The Kier molecular flexibility index (Phi) is 5.15. The molecule has 1 aliphatic rings. The molecular weight excluding hydrogens is 252 g/mol. The van der Waals surface area contributed by atoms with Gasteiger partial charge in [-0.2, -0.15) is 0 Å². The fourth-order valence-corrected chi connectivity index (χ4v) is 2.94. The van der Waals surface area contributed by atoms with Crippen LogP contribution in [0.2, 0.25) is 0 Å². The van der Waals surface area contributed by atoms with E-state index in [1.807, 2.05) is 4.90 Å². The lowest BCUT2D eigenvalue weighted by Gasteiger charge is -2.34. The highest BCUT2D eigenvalue weighted by Crippen LogP contribution is 2.30. The molecule has 4 nitrogen and oxygen atoms in total. The van der Waals surface area contributed by atoms with Gasteiger partial charge in [0.05, 0.1) is 6.61 Å². The van der Waals surface area contributed by atoms with Gasteiger partial charge in [0.2, 0.25) is 5.91 Å². The molecule has 1 saturated heterocycles. The molecule has 1 aromatic carbocycles. The number of rotatable bonds is 4. The predicted octanol–water partition coefficient (Wildman–Crippen LogP) is 1.67. The summed E-state index contributed by atoms with van der Waals surface area (Å²) >= 11 is 0. The fraction of sp³-hybridized carbons (Fsp3) is 0.562. The first kappa shape index (κ1) is 15.0. The molecular formula is C16H24N2O2. The van der Waals surface area contributed by atoms with Gasteiger partial charge in [0.25, 0.3) is 0 Å². The zero-order valence-corrected chi connectivity index (χ0v) is 12.3. The first-order chi connectivity index (χ1) is 9.63. The van der Waals surface area contributed by atoms with Crippen molar-refractivity contribution in [3.05, 3.63) is 35.4 Å². The molecule has 0 bridgehead atoms. The molecule has 1 aromatic rings. The molecule has 0 spiro atoms. The summed E-state index contributed by atoms with van der Waals surface area (Å²) in [6, 6.07) is 7.99. The van der Waals surface area contributed by atoms with Crippen molar-refractivity contribution in [2.45, 2.75) is 31.7 Å². The molecule has 1 atom stereocenters. The second-order valence-corrected chi connectivity index (χ2v) is 5.52. The van der Waals surface area contributed by atoms with E-state index in [1.54, 1.807) is 7.11 Å². The summed E-state index contributed by atoms with van der Waals surface area (Å²) in [6.45, 7) is 4.02. The lowest BCUT2D eigenvalue weighted by Crippen LogP contribution is -2.48. The lowest BCUT2D eigenvalue weighted by molar-refractivity contribution is -0.134. The van der Waals surface area contributed by atoms with E-state index in [-0.39, 0.29) is 12.5 Å². The van der Waals surface area contributed by atoms with Crippen LogP contribution in [0.15, 0.2) is 24.3 Å². The van der Waals surface area contributed by atoms with E-state index in [9.17, 15) is 4.79 Å². The molecule has 0 aliphatic carbocycles. The zero-order chi connectivity index (χ0) is 14.5. The topological polar surface area (TPSA) is 55.6 Å². The van der Waals surface area contributed by atoms with Gasteiger partial charge < -0.3 is 15.4 Å². The number of methoxy groups -OCH3 is 1. The number of nitrogens with zero attached hydrogens (tertiary/aromatic N) is 1. The first-order valence-corrected chi connectivity index (χ1v) is 7.22. The van der Waals surface area contributed by atoms with Crippen LogP contribution in [0, 0.1) is 6.92 Å². The molecule has 2 rings (SSSR count). The first-order valence-electron chi connectivity index (χ1n) is 7.22. The number of ether oxygens (including phenoxy) is 1. The molecule has 1 heterocycles. The van der Waals surface area contributed by atoms with E-state index >= 15 is 0 Å². The Morgan fingerprint density at radius 2 is 2.05 bits per heavy atom. The van der Waals surface area contributed by atoms with Crippen molar-refractivity contribution in [1.82, 2.24) is 4.90 Å². The molecule has 1 amide bonds. The number of carbonyl (C=O) groups excluding carboxylic acids is 1. The average Bonchev–Trinajstić information content (AvgIpc) is 2.47. The van der Waals surface area contributed by atoms with Crippen molar-refractivity contribution in [2.24, 2.45) is 5.73 Å². The number of hydrogen-bond acceptors (Lipinski definition) is 3. The van der Waals surface area contributed by atoms with E-state index in [0.29, 0.717) is 5.92 Å². The van der Waals surface area contributed by atoms with Crippen molar-refractivity contribution < 1.29 is 9.53 Å². The van der Waals surface area contributed by atoms with Crippen LogP contribution in [0.25, 0.3) is 0 Å². The van der Waals surface area contributed by atoms with E-state index < -0.39 is 6.04 Å². The van der Waals surface area contributed by atoms with E-state index in [4.69, 9.17) is 10.5 Å². The van der Waals surface area contributed by atoms with Crippen LogP contribution in [0.3, 0.4) is 0 Å². The number of nitrogens with two attached hydrogens (primary N) is 1. The molecule has 2 N–H and O–H groups in total. The van der Waals surface area contributed by atoms with Crippen molar-refractivity contribution in [3.63, 3.8) is 0 Å². The Labute approximate surface area is 120 Å². The monoisotopic (exact) mass is 276 g/mol. The van der Waals surface area contributed by atoms with Gasteiger partial charge in [0.15, 0.2) is 0 Å². The maximum atomic E-state index is 12.1. The summed E-state index contributed by atoms with van der Waals surface area (Å²) < 4.78 is 4.95. The Morgan fingerprint density at radius 3 is 2.65 bits per heavy atom. The predicted molar refractivity (Wildman–Crippen MR) is 79.6 cm³/mol. The van der Waals surface area contributed by atoms with Crippen LogP contribution < -0.4 is 5.73 Å². The van der Waals surface area contributed by atoms with Crippen LogP contribution in [-0.2, 0) is 9.53 Å². The normalized spacial score (nSPS) is 18.1. The van der Waals surface area contributed by atoms with Gasteiger partial charge in [-0.25, -0.2) is 0 Å². The summed E-state index contributed by atoms with van der Waals surface area (Å²) in [5.41, 5.74) is 8.57. The number of likely N-dealkylation sites (tertiary alicyclic amines) is 1. The van der Waals surface area contributed by atoms with Gasteiger partial charge in [-0.1, -0.05) is 24.3 Å². The highest BCUT2D eigenvalue weighted by Gasteiger charge is 2.27. The maximum Gasteiger partial charge on any atom is 0.241 e. The maximum absolute atomic E-state index is 12.1. The highest BCUT2D eigenvalue weighted by molar-refractivity contribution is 5.81. The molecule has 0 saturated carbocycles. The van der Waals surface area contributed by atoms with E-state index in [2.05, 4.69) is 31.2 Å². The minimum absolute atomic E-state index is 0.00934. The quantitative estimate of drug-likeness (QED) is 0.910. The Hall–Kier alpha value is -1.39. The summed E-state index contributed by atoms with van der Waals surface area (Å²) in [5.74, 6) is 0.564. The summed E-state index contributed by atoms with van der Waals surface area (Å²) in [5, 5.41) is 0. The van der Waals surface area contributed by atoms with Gasteiger partial charge in [-0.05, 0) is 36.8 Å². The standard InChI is InChI=1S/C16H24N2O2/c1-12-5-3-4-6-14(12)13-7-9-18(10-8-13)16(19)15(17)11-20-2/h3-6,13,15H,7-11,17H2,1-2H3. The fourth-order valence-electron chi connectivity index (χ4n) is 2.94. The SMILES string of the molecule is COCC(N)C(=O)N1CCC(c2ccccc2C)CC1. The molecule has 0 aromatic heterocycles. The van der Waals surface area contributed by atoms with Gasteiger partial charge in [0, 0.05) is 20.2 Å². The number of hydrogen-bond donors (Lipinski definition) is 1. The van der Waals surface area contributed by atoms with Crippen LogP contribution in [0.5, 0.6) is 0 Å². The van der Waals surface area contributed by atoms with E-state index in [1.165, 1.54) is 11.1 Å². The van der Waals surface area contributed by atoms with Gasteiger partial charge >= 0.3 is 0 Å². The largest absolute Gasteiger partial charge is 0.383 e. The second kappa shape index (κ2) is 6.86. The number of piperidine rings is 1. The summed E-state index contributed by atoms with van der Waals surface area (Å²) in [7, 11) is 1.57. The Morgan fingerprint density at radius 1 is 1.40 bits per heavy atom. The number of aryl methyl sites for hydroxylation is 1. The number of benzene rings is 1.